The average molecular weight is 284 g/mol. The van der Waals surface area contributed by atoms with Crippen molar-refractivity contribution in [3.63, 3.8) is 0 Å². The number of nitrogens with zero attached hydrogens (tertiary/aromatic N) is 1. The fraction of sp³-hybridized carbons (Fsp3) is 0.188. The Morgan fingerprint density at radius 1 is 1.10 bits per heavy atom. The summed E-state index contributed by atoms with van der Waals surface area (Å²) in [5, 5.41) is 8.16. The van der Waals surface area contributed by atoms with E-state index < -0.39 is 0 Å². The monoisotopic (exact) mass is 284 g/mol. The first-order valence-electron chi connectivity index (χ1n) is 6.55. The van der Waals surface area contributed by atoms with Crippen molar-refractivity contribution in [1.29, 1.82) is 0 Å². The zero-order valence-electron chi connectivity index (χ0n) is 11.5. The fourth-order valence-corrected chi connectivity index (χ4v) is 2.85. The number of hydrogen-bond acceptors (Lipinski definition) is 4. The first kappa shape index (κ1) is 12.9. The van der Waals surface area contributed by atoms with Crippen molar-refractivity contribution in [2.75, 3.05) is 5.73 Å². The highest BCUT2D eigenvalue weighted by molar-refractivity contribution is 7.08. The minimum Gasteiger partial charge on any atom is -0.367 e. The van der Waals surface area contributed by atoms with Gasteiger partial charge in [0.15, 0.2) is 0 Å². The summed E-state index contributed by atoms with van der Waals surface area (Å²) in [6, 6.07) is 10.4. The van der Waals surface area contributed by atoms with E-state index >= 15 is 0 Å². The standard InChI is InChI=1S/C16H16N2OS/c1-10(2)11-3-5-12(6-4-11)14-15(18-19-16(14)17)13-7-8-20-9-13/h3-10H,17H2,1-2H3. The molecule has 0 amide bonds. The van der Waals surface area contributed by atoms with Gasteiger partial charge in [-0.05, 0) is 28.5 Å². The van der Waals surface area contributed by atoms with Crippen molar-refractivity contribution in [3.05, 3.63) is 46.7 Å². The molecule has 0 saturated carbocycles. The Hall–Kier alpha value is -2.07. The molecule has 3 rings (SSSR count). The largest absolute Gasteiger partial charge is 0.367 e. The maximum Gasteiger partial charge on any atom is 0.230 e. The Balaban J connectivity index is 2.08. The molecule has 0 aliphatic carbocycles. The van der Waals surface area contributed by atoms with Crippen LogP contribution < -0.4 is 5.73 Å². The molecule has 3 nitrogen and oxygen atoms in total. The lowest BCUT2D eigenvalue weighted by Crippen LogP contribution is -1.89. The van der Waals surface area contributed by atoms with Gasteiger partial charge in [0.25, 0.3) is 0 Å². The van der Waals surface area contributed by atoms with Crippen LogP contribution in [0.25, 0.3) is 22.4 Å². The van der Waals surface area contributed by atoms with Crippen LogP contribution in [0.3, 0.4) is 0 Å². The van der Waals surface area contributed by atoms with Gasteiger partial charge >= 0.3 is 0 Å². The summed E-state index contributed by atoms with van der Waals surface area (Å²) in [4.78, 5) is 0. The average Bonchev–Trinajstić information content (AvgIpc) is 3.07. The SMILES string of the molecule is CC(C)c1ccc(-c2c(-c3ccsc3)noc2N)cc1. The van der Waals surface area contributed by atoms with Gasteiger partial charge in [-0.15, -0.1) is 0 Å². The van der Waals surface area contributed by atoms with Crippen molar-refractivity contribution < 1.29 is 4.52 Å². The molecule has 0 radical (unpaired) electrons. The molecule has 2 heterocycles. The highest BCUT2D eigenvalue weighted by atomic mass is 32.1. The number of thiophene rings is 1. The lowest BCUT2D eigenvalue weighted by atomic mass is 9.97. The van der Waals surface area contributed by atoms with Gasteiger partial charge in [0.2, 0.25) is 5.88 Å². The second-order valence-corrected chi connectivity index (χ2v) is 5.84. The van der Waals surface area contributed by atoms with Crippen molar-refractivity contribution >= 4 is 17.2 Å². The van der Waals surface area contributed by atoms with Gasteiger partial charge in [-0.3, -0.25) is 0 Å². The quantitative estimate of drug-likeness (QED) is 0.753. The third kappa shape index (κ3) is 2.23. The zero-order valence-corrected chi connectivity index (χ0v) is 12.3. The number of aromatic nitrogens is 1. The molecule has 0 saturated heterocycles. The molecule has 0 spiro atoms. The second-order valence-electron chi connectivity index (χ2n) is 5.06. The summed E-state index contributed by atoms with van der Waals surface area (Å²) in [5.41, 5.74) is 11.0. The number of nitrogen functional groups attached to an aromatic ring is 1. The molecule has 0 bridgehead atoms. The topological polar surface area (TPSA) is 52.0 Å². The molecule has 0 atom stereocenters. The molecule has 0 unspecified atom stereocenters. The van der Waals surface area contributed by atoms with E-state index in [1.165, 1.54) is 5.56 Å². The van der Waals surface area contributed by atoms with Crippen LogP contribution in [0, 0.1) is 0 Å². The Bertz CT molecular complexity index is 697. The van der Waals surface area contributed by atoms with Crippen molar-refractivity contribution in [3.8, 4) is 22.4 Å². The molecule has 20 heavy (non-hydrogen) atoms. The summed E-state index contributed by atoms with van der Waals surface area (Å²) in [6.07, 6.45) is 0. The molecule has 2 N–H and O–H groups in total. The van der Waals surface area contributed by atoms with Gasteiger partial charge in [0.1, 0.15) is 5.69 Å². The summed E-state index contributed by atoms with van der Waals surface area (Å²) in [7, 11) is 0. The molecule has 1 aromatic carbocycles. The maximum atomic E-state index is 5.95. The smallest absolute Gasteiger partial charge is 0.230 e. The van der Waals surface area contributed by atoms with E-state index in [0.29, 0.717) is 11.8 Å². The first-order chi connectivity index (χ1) is 9.66. The van der Waals surface area contributed by atoms with Crippen LogP contribution in [0.15, 0.2) is 45.6 Å². The van der Waals surface area contributed by atoms with Gasteiger partial charge in [0.05, 0.1) is 5.56 Å². The number of rotatable bonds is 3. The minimum absolute atomic E-state index is 0.364. The highest BCUT2D eigenvalue weighted by Gasteiger charge is 2.17. The van der Waals surface area contributed by atoms with E-state index in [9.17, 15) is 0 Å². The van der Waals surface area contributed by atoms with Gasteiger partial charge < -0.3 is 10.3 Å². The van der Waals surface area contributed by atoms with Gasteiger partial charge in [-0.2, -0.15) is 11.3 Å². The van der Waals surface area contributed by atoms with Gasteiger partial charge in [-0.1, -0.05) is 43.3 Å². The molecule has 4 heteroatoms. The van der Waals surface area contributed by atoms with E-state index in [0.717, 1.165) is 22.4 Å². The Labute approximate surface area is 122 Å². The predicted octanol–water partition coefficient (Wildman–Crippen LogP) is 4.78. The van der Waals surface area contributed by atoms with Crippen LogP contribution in [-0.4, -0.2) is 5.16 Å². The summed E-state index contributed by atoms with van der Waals surface area (Å²) < 4.78 is 5.18. The highest BCUT2D eigenvalue weighted by Crippen LogP contribution is 2.37. The third-order valence-corrected chi connectivity index (χ3v) is 4.06. The van der Waals surface area contributed by atoms with Gasteiger partial charge in [-0.25, -0.2) is 0 Å². The molecule has 3 aromatic rings. The van der Waals surface area contributed by atoms with Crippen molar-refractivity contribution in [2.45, 2.75) is 19.8 Å². The first-order valence-corrected chi connectivity index (χ1v) is 7.49. The zero-order chi connectivity index (χ0) is 14.1. The molecular formula is C16H16N2OS. The Morgan fingerprint density at radius 2 is 1.85 bits per heavy atom. The molecule has 0 fully saturated rings. The van der Waals surface area contributed by atoms with Crippen molar-refractivity contribution in [1.82, 2.24) is 5.16 Å². The van der Waals surface area contributed by atoms with E-state index in [2.05, 4.69) is 43.3 Å². The minimum atomic E-state index is 0.364. The lowest BCUT2D eigenvalue weighted by Gasteiger charge is -2.07. The number of hydrogen-bond donors (Lipinski definition) is 1. The lowest BCUT2D eigenvalue weighted by molar-refractivity contribution is 0.439. The normalized spacial score (nSPS) is 11.2. The molecule has 2 aromatic heterocycles. The number of benzene rings is 1. The molecular weight excluding hydrogens is 268 g/mol. The van der Waals surface area contributed by atoms with Crippen LogP contribution in [0.4, 0.5) is 5.88 Å². The fourth-order valence-electron chi connectivity index (χ4n) is 2.21. The number of nitrogens with two attached hydrogens (primary N) is 1. The molecule has 0 aliphatic rings. The summed E-state index contributed by atoms with van der Waals surface area (Å²) >= 11 is 1.63. The Morgan fingerprint density at radius 3 is 2.45 bits per heavy atom. The van der Waals surface area contributed by atoms with Crippen LogP contribution >= 0.6 is 11.3 Å². The molecule has 0 aliphatic heterocycles. The van der Waals surface area contributed by atoms with E-state index in [4.69, 9.17) is 10.3 Å². The van der Waals surface area contributed by atoms with Crippen LogP contribution in [-0.2, 0) is 0 Å². The van der Waals surface area contributed by atoms with Crippen LogP contribution in [0.1, 0.15) is 25.3 Å². The summed E-state index contributed by atoms with van der Waals surface area (Å²) in [5.74, 6) is 0.878. The maximum absolute atomic E-state index is 5.95. The summed E-state index contributed by atoms with van der Waals surface area (Å²) in [6.45, 7) is 4.36. The third-order valence-electron chi connectivity index (χ3n) is 3.38. The van der Waals surface area contributed by atoms with E-state index in [1.54, 1.807) is 11.3 Å². The Kier molecular flexibility index (Phi) is 3.32. The van der Waals surface area contributed by atoms with E-state index in [-0.39, 0.29) is 0 Å². The van der Waals surface area contributed by atoms with E-state index in [1.807, 2.05) is 16.8 Å². The second kappa shape index (κ2) is 5.13. The van der Waals surface area contributed by atoms with Gasteiger partial charge in [0, 0.05) is 10.9 Å². The van der Waals surface area contributed by atoms with Crippen LogP contribution in [0.5, 0.6) is 0 Å². The number of anilines is 1. The van der Waals surface area contributed by atoms with Crippen molar-refractivity contribution in [2.24, 2.45) is 0 Å². The van der Waals surface area contributed by atoms with Crippen LogP contribution in [0.2, 0.25) is 0 Å². The predicted molar refractivity (Wildman–Crippen MR) is 83.8 cm³/mol. The molecule has 102 valence electrons.